The minimum Gasteiger partial charge on any atom is -0.477 e. The van der Waals surface area contributed by atoms with Gasteiger partial charge in [-0.1, -0.05) is 189 Å². The van der Waals surface area contributed by atoms with Crippen LogP contribution >= 0.6 is 0 Å². The van der Waals surface area contributed by atoms with Crippen molar-refractivity contribution in [2.24, 2.45) is 0 Å². The highest BCUT2D eigenvalue weighted by molar-refractivity contribution is 5.72. The highest BCUT2D eigenvalue weighted by Gasteiger charge is 2.31. The van der Waals surface area contributed by atoms with Gasteiger partial charge in [-0.2, -0.15) is 0 Å². The molecule has 0 spiro atoms. The van der Waals surface area contributed by atoms with E-state index in [9.17, 15) is 19.5 Å². The van der Waals surface area contributed by atoms with E-state index in [1.807, 2.05) is 57.6 Å². The van der Waals surface area contributed by atoms with Gasteiger partial charge >= 0.3 is 17.9 Å². The predicted molar refractivity (Wildman–Crippen MR) is 256 cm³/mol. The summed E-state index contributed by atoms with van der Waals surface area (Å²) < 4.78 is 17.3. The van der Waals surface area contributed by atoms with Gasteiger partial charge < -0.3 is 23.8 Å². The monoisotopic (exact) mass is 853 g/mol. The second-order valence-electron chi connectivity index (χ2n) is 17.2. The van der Waals surface area contributed by atoms with Crippen molar-refractivity contribution in [2.45, 2.75) is 193 Å². The number of hydrogen-bond acceptors (Lipinski definition) is 6. The van der Waals surface area contributed by atoms with Gasteiger partial charge in [0.2, 0.25) is 0 Å². The lowest BCUT2D eigenvalue weighted by Crippen LogP contribution is -2.50. The number of allylic oxidation sites excluding steroid dienone is 14. The van der Waals surface area contributed by atoms with Crippen molar-refractivity contribution in [2.75, 3.05) is 41.0 Å². The number of quaternary nitrogens is 1. The van der Waals surface area contributed by atoms with E-state index in [0.717, 1.165) is 64.2 Å². The molecule has 0 saturated heterocycles. The standard InChI is InChI=1S/C53H89NO7/c1-6-8-10-12-14-16-18-20-22-24-26-28-30-32-34-36-38-40-42-44-52(56)61-49(47-59-46-45-50(53(57)58)54(3,4)5)48-60-51(55)43-41-39-37-35-33-31-29-27-25-23-21-19-17-15-13-11-9-7-2/h11,13-21,23,25,27,29,49-50H,6-10,12,22,24,26,28,30-48H2,1-5H3/p+1/b13-11+,16-14+,17-15+,20-18+,21-19+,25-23+,29-27+. The van der Waals surface area contributed by atoms with Gasteiger partial charge in [-0.3, -0.25) is 9.59 Å². The Morgan fingerprint density at radius 2 is 0.902 bits per heavy atom. The van der Waals surface area contributed by atoms with Crippen molar-refractivity contribution in [1.29, 1.82) is 0 Å². The zero-order valence-corrected chi connectivity index (χ0v) is 39.6. The van der Waals surface area contributed by atoms with Gasteiger partial charge in [-0.05, 0) is 57.8 Å². The first-order valence-corrected chi connectivity index (χ1v) is 24.2. The van der Waals surface area contributed by atoms with E-state index in [1.165, 1.54) is 83.5 Å². The molecule has 0 amide bonds. The third-order valence-corrected chi connectivity index (χ3v) is 10.4. The van der Waals surface area contributed by atoms with Gasteiger partial charge in [0, 0.05) is 19.3 Å². The molecule has 8 heteroatoms. The summed E-state index contributed by atoms with van der Waals surface area (Å²) in [7, 11) is 5.51. The molecule has 0 aliphatic carbocycles. The average molecular weight is 853 g/mol. The normalized spacial score (nSPS) is 13.7. The lowest BCUT2D eigenvalue weighted by Gasteiger charge is -2.31. The summed E-state index contributed by atoms with van der Waals surface area (Å²) in [6, 6.07) is -0.624. The molecule has 2 atom stereocenters. The number of carboxylic acids is 1. The molecule has 0 aromatic heterocycles. The summed E-state index contributed by atoms with van der Waals surface area (Å²) in [4.78, 5) is 37.1. The van der Waals surface area contributed by atoms with Crippen LogP contribution in [0, 0.1) is 0 Å². The fourth-order valence-electron chi connectivity index (χ4n) is 6.64. The quantitative estimate of drug-likeness (QED) is 0.0283. The minimum atomic E-state index is -0.882. The Hall–Kier alpha value is -3.49. The molecule has 0 aliphatic heterocycles. The molecule has 0 aliphatic rings. The fraction of sp³-hybridized carbons (Fsp3) is 0.679. The molecule has 0 bridgehead atoms. The zero-order chi connectivity index (χ0) is 44.9. The number of likely N-dealkylation sites (N-methyl/N-ethyl adjacent to an activating group) is 1. The molecule has 0 rings (SSSR count). The fourth-order valence-corrected chi connectivity index (χ4v) is 6.64. The predicted octanol–water partition coefficient (Wildman–Crippen LogP) is 13.7. The van der Waals surface area contributed by atoms with Gasteiger partial charge in [0.15, 0.2) is 12.1 Å². The van der Waals surface area contributed by atoms with Gasteiger partial charge in [-0.15, -0.1) is 0 Å². The maximum Gasteiger partial charge on any atom is 0.362 e. The summed E-state index contributed by atoms with van der Waals surface area (Å²) in [6.07, 6.45) is 56.2. The Labute approximate surface area is 373 Å². The van der Waals surface area contributed by atoms with E-state index >= 15 is 0 Å². The minimum absolute atomic E-state index is 0.0467. The van der Waals surface area contributed by atoms with Crippen LogP contribution < -0.4 is 0 Å². The number of unbranched alkanes of at least 4 members (excludes halogenated alkanes) is 19. The lowest BCUT2D eigenvalue weighted by atomic mass is 10.1. The third kappa shape index (κ3) is 41.6. The van der Waals surface area contributed by atoms with E-state index < -0.39 is 18.1 Å². The summed E-state index contributed by atoms with van der Waals surface area (Å²) in [5.74, 6) is -1.51. The first kappa shape index (κ1) is 57.5. The zero-order valence-electron chi connectivity index (χ0n) is 39.6. The van der Waals surface area contributed by atoms with E-state index in [-0.39, 0.29) is 36.2 Å². The second kappa shape index (κ2) is 43.2. The molecule has 0 heterocycles. The number of aliphatic carboxylic acids is 1. The molecule has 61 heavy (non-hydrogen) atoms. The molecule has 1 N–H and O–H groups in total. The molecule has 0 aromatic rings. The molecule has 0 fully saturated rings. The van der Waals surface area contributed by atoms with Crippen LogP contribution in [0.25, 0.3) is 0 Å². The number of carbonyl (C=O) groups excluding carboxylic acids is 2. The molecule has 2 unspecified atom stereocenters. The van der Waals surface area contributed by atoms with Crippen LogP contribution in [0.5, 0.6) is 0 Å². The van der Waals surface area contributed by atoms with Crippen molar-refractivity contribution < 1.29 is 38.2 Å². The number of rotatable bonds is 42. The van der Waals surface area contributed by atoms with Crippen LogP contribution in [0.4, 0.5) is 0 Å². The Morgan fingerprint density at radius 3 is 1.36 bits per heavy atom. The van der Waals surface area contributed by atoms with Gasteiger partial charge in [-0.25, -0.2) is 4.79 Å². The highest BCUT2D eigenvalue weighted by atomic mass is 16.6. The van der Waals surface area contributed by atoms with Gasteiger partial charge in [0.25, 0.3) is 0 Å². The summed E-state index contributed by atoms with van der Waals surface area (Å²) in [6.45, 7) is 4.59. The Bertz CT molecular complexity index is 1270. The highest BCUT2D eigenvalue weighted by Crippen LogP contribution is 2.14. The number of esters is 2. The van der Waals surface area contributed by atoms with Crippen LogP contribution in [0.1, 0.15) is 181 Å². The molecule has 0 aromatic carbocycles. The maximum absolute atomic E-state index is 12.8. The molecule has 0 radical (unpaired) electrons. The largest absolute Gasteiger partial charge is 0.477 e. The summed E-state index contributed by atoms with van der Waals surface area (Å²) in [5, 5.41) is 9.64. The van der Waals surface area contributed by atoms with Crippen molar-refractivity contribution in [1.82, 2.24) is 0 Å². The SMILES string of the molecule is CCC/C=C/C=C/C=C/C=C/C=C/CCCCCCCC(=O)OCC(COCCC(C(=O)O)[N+](C)(C)C)OC(=O)CCCCCCCCCCCC/C=C/C=C/CCCCC. The van der Waals surface area contributed by atoms with Crippen LogP contribution in [-0.4, -0.2) is 80.6 Å². The van der Waals surface area contributed by atoms with Crippen LogP contribution in [-0.2, 0) is 28.6 Å². The first-order chi connectivity index (χ1) is 29.6. The first-order valence-electron chi connectivity index (χ1n) is 24.2. The van der Waals surface area contributed by atoms with E-state index in [4.69, 9.17) is 14.2 Å². The van der Waals surface area contributed by atoms with Crippen LogP contribution in [0.2, 0.25) is 0 Å². The molecular weight excluding hydrogens is 763 g/mol. The number of ether oxygens (including phenoxy) is 3. The summed E-state index contributed by atoms with van der Waals surface area (Å²) >= 11 is 0. The molecule has 8 nitrogen and oxygen atoms in total. The Morgan fingerprint density at radius 1 is 0.492 bits per heavy atom. The summed E-state index contributed by atoms with van der Waals surface area (Å²) in [5.41, 5.74) is 0. The number of carboxylic acid groups (broad SMARTS) is 1. The number of carbonyl (C=O) groups is 3. The van der Waals surface area contributed by atoms with Crippen molar-refractivity contribution in [3.63, 3.8) is 0 Å². The average Bonchev–Trinajstić information content (AvgIpc) is 3.22. The van der Waals surface area contributed by atoms with E-state index in [0.29, 0.717) is 19.3 Å². The lowest BCUT2D eigenvalue weighted by molar-refractivity contribution is -0.887. The van der Waals surface area contributed by atoms with Crippen molar-refractivity contribution in [3.05, 3.63) is 85.1 Å². The van der Waals surface area contributed by atoms with Gasteiger partial charge in [0.05, 0.1) is 34.4 Å². The van der Waals surface area contributed by atoms with Crippen molar-refractivity contribution in [3.8, 4) is 0 Å². The topological polar surface area (TPSA) is 99.1 Å². The van der Waals surface area contributed by atoms with Gasteiger partial charge in [0.1, 0.15) is 6.61 Å². The molecule has 348 valence electrons. The Balaban J connectivity index is 4.36. The second-order valence-corrected chi connectivity index (χ2v) is 17.2. The molecule has 0 saturated carbocycles. The number of hydrogen-bond donors (Lipinski definition) is 1. The maximum atomic E-state index is 12.8. The van der Waals surface area contributed by atoms with E-state index in [1.54, 1.807) is 0 Å². The Kier molecular flexibility index (Phi) is 40.7. The smallest absolute Gasteiger partial charge is 0.362 e. The van der Waals surface area contributed by atoms with Crippen LogP contribution in [0.3, 0.4) is 0 Å². The third-order valence-electron chi connectivity index (χ3n) is 10.4. The van der Waals surface area contributed by atoms with Crippen LogP contribution in [0.15, 0.2) is 85.1 Å². The molecular formula is C53H90NO7+. The van der Waals surface area contributed by atoms with Crippen molar-refractivity contribution >= 4 is 17.9 Å². The number of nitrogens with zero attached hydrogens (tertiary/aromatic N) is 1. The van der Waals surface area contributed by atoms with E-state index in [2.05, 4.69) is 62.5 Å².